The highest BCUT2D eigenvalue weighted by Crippen LogP contribution is 1.98. The molecule has 0 aliphatic heterocycles. The van der Waals surface area contributed by atoms with Crippen molar-refractivity contribution in [3.63, 3.8) is 0 Å². The van der Waals surface area contributed by atoms with E-state index in [-0.39, 0.29) is 18.0 Å². The quantitative estimate of drug-likeness (QED) is 0.827. The molecule has 2 rings (SSSR count). The van der Waals surface area contributed by atoms with Crippen LogP contribution in [0.15, 0.2) is 39.9 Å². The van der Waals surface area contributed by atoms with Gasteiger partial charge in [-0.3, -0.25) is 9.59 Å². The third-order valence-electron chi connectivity index (χ3n) is 2.28. The van der Waals surface area contributed by atoms with Crippen molar-refractivity contribution in [2.45, 2.75) is 6.54 Å². The Balaban J connectivity index is 2.04. The molecule has 0 atom stereocenters. The molecule has 0 saturated carbocycles. The predicted octanol–water partition coefficient (Wildman–Crippen LogP) is 0.303. The van der Waals surface area contributed by atoms with Gasteiger partial charge in [0.25, 0.3) is 11.5 Å². The second kappa shape index (κ2) is 4.65. The molecule has 0 saturated heterocycles. The fraction of sp³-hybridized carbons (Fsp3) is 0.182. The lowest BCUT2D eigenvalue weighted by molar-refractivity contribution is 0.0946. The Kier molecular flexibility index (Phi) is 3.04. The second-order valence-electron chi connectivity index (χ2n) is 3.53. The van der Waals surface area contributed by atoms with Crippen LogP contribution in [0.3, 0.4) is 0 Å². The second-order valence-corrected chi connectivity index (χ2v) is 3.53. The lowest BCUT2D eigenvalue weighted by atomic mass is 10.2. The van der Waals surface area contributed by atoms with E-state index in [0.717, 1.165) is 0 Å². The molecular formula is C11H11N3O3. The first kappa shape index (κ1) is 11.1. The van der Waals surface area contributed by atoms with Crippen LogP contribution in [0.1, 0.15) is 16.1 Å². The Bertz CT molecular complexity index is 572. The summed E-state index contributed by atoms with van der Waals surface area (Å²) < 4.78 is 6.23. The number of hydrogen-bond acceptors (Lipinski definition) is 4. The number of nitrogens with zero attached hydrogens (tertiary/aromatic N) is 2. The lowest BCUT2D eigenvalue weighted by Crippen LogP contribution is -2.25. The minimum absolute atomic E-state index is 0.225. The first-order chi connectivity index (χ1) is 8.16. The standard InChI is InChI=1S/C11H11N3O3/c1-14-5-3-8(6-10(14)15)11(16)12-7-9-2-4-13-17-9/h2-6H,7H2,1H3,(H,12,16). The number of rotatable bonds is 3. The van der Waals surface area contributed by atoms with Crippen molar-refractivity contribution in [1.29, 1.82) is 0 Å². The molecule has 2 aromatic heterocycles. The van der Waals surface area contributed by atoms with E-state index in [1.165, 1.54) is 16.8 Å². The minimum Gasteiger partial charge on any atom is -0.360 e. The maximum Gasteiger partial charge on any atom is 0.251 e. The summed E-state index contributed by atoms with van der Waals surface area (Å²) in [6.45, 7) is 0.244. The third-order valence-corrected chi connectivity index (χ3v) is 2.28. The Morgan fingerprint density at radius 3 is 3.00 bits per heavy atom. The van der Waals surface area contributed by atoms with Gasteiger partial charge >= 0.3 is 0 Å². The number of hydrogen-bond donors (Lipinski definition) is 1. The predicted molar refractivity (Wildman–Crippen MR) is 59.4 cm³/mol. The van der Waals surface area contributed by atoms with Crippen molar-refractivity contribution in [2.24, 2.45) is 7.05 Å². The van der Waals surface area contributed by atoms with Crippen LogP contribution in [0, 0.1) is 0 Å². The molecule has 1 amide bonds. The first-order valence-corrected chi connectivity index (χ1v) is 5.01. The number of pyridine rings is 1. The first-order valence-electron chi connectivity index (χ1n) is 5.01. The summed E-state index contributed by atoms with van der Waals surface area (Å²) in [6, 6.07) is 4.52. The summed E-state index contributed by atoms with van der Waals surface area (Å²) in [5, 5.41) is 6.15. The van der Waals surface area contributed by atoms with Crippen molar-refractivity contribution in [1.82, 2.24) is 15.0 Å². The summed E-state index contributed by atoms with van der Waals surface area (Å²) >= 11 is 0. The maximum atomic E-state index is 11.7. The zero-order valence-corrected chi connectivity index (χ0v) is 9.21. The lowest BCUT2D eigenvalue weighted by Gasteiger charge is -2.03. The molecule has 1 N–H and O–H groups in total. The average Bonchev–Trinajstić information content (AvgIpc) is 2.82. The van der Waals surface area contributed by atoms with Crippen LogP contribution in [0.5, 0.6) is 0 Å². The normalized spacial score (nSPS) is 10.2. The molecule has 0 aliphatic rings. The fourth-order valence-corrected chi connectivity index (χ4v) is 1.29. The molecule has 0 spiro atoms. The van der Waals surface area contributed by atoms with Crippen LogP contribution in [0.25, 0.3) is 0 Å². The van der Waals surface area contributed by atoms with Crippen molar-refractivity contribution in [2.75, 3.05) is 0 Å². The molecular weight excluding hydrogens is 222 g/mol. The molecule has 2 heterocycles. The Labute approximate surface area is 96.9 Å². The van der Waals surface area contributed by atoms with E-state index in [1.54, 1.807) is 25.4 Å². The Morgan fingerprint density at radius 1 is 1.53 bits per heavy atom. The van der Waals surface area contributed by atoms with Gasteiger partial charge in [-0.2, -0.15) is 0 Å². The van der Waals surface area contributed by atoms with E-state index >= 15 is 0 Å². The Hall–Kier alpha value is -2.37. The van der Waals surface area contributed by atoms with E-state index < -0.39 is 0 Å². The molecule has 0 unspecified atom stereocenters. The van der Waals surface area contributed by atoms with E-state index in [2.05, 4.69) is 10.5 Å². The molecule has 0 bridgehead atoms. The van der Waals surface area contributed by atoms with Gasteiger partial charge in [0.15, 0.2) is 5.76 Å². The molecule has 0 aliphatic carbocycles. The van der Waals surface area contributed by atoms with Crippen LogP contribution < -0.4 is 10.9 Å². The van der Waals surface area contributed by atoms with Crippen molar-refractivity contribution in [3.05, 3.63) is 52.3 Å². The van der Waals surface area contributed by atoms with Crippen LogP contribution in [-0.4, -0.2) is 15.6 Å². The monoisotopic (exact) mass is 233 g/mol. The summed E-state index contributed by atoms with van der Waals surface area (Å²) in [4.78, 5) is 23.0. The molecule has 0 fully saturated rings. The van der Waals surface area contributed by atoms with Crippen molar-refractivity contribution in [3.8, 4) is 0 Å². The SMILES string of the molecule is Cn1ccc(C(=O)NCc2ccno2)cc1=O. The number of aryl methyl sites for hydroxylation is 1. The van der Waals surface area contributed by atoms with Gasteiger partial charge in [0.1, 0.15) is 0 Å². The zero-order chi connectivity index (χ0) is 12.3. The van der Waals surface area contributed by atoms with E-state index in [4.69, 9.17) is 4.52 Å². The fourth-order valence-electron chi connectivity index (χ4n) is 1.29. The molecule has 6 nitrogen and oxygen atoms in total. The molecule has 0 radical (unpaired) electrons. The van der Waals surface area contributed by atoms with E-state index in [9.17, 15) is 9.59 Å². The Morgan fingerprint density at radius 2 is 2.35 bits per heavy atom. The van der Waals surface area contributed by atoms with Gasteiger partial charge in [-0.1, -0.05) is 5.16 Å². The average molecular weight is 233 g/mol. The molecule has 2 aromatic rings. The highest BCUT2D eigenvalue weighted by molar-refractivity contribution is 5.93. The maximum absolute atomic E-state index is 11.7. The van der Waals surface area contributed by atoms with Gasteiger partial charge in [-0.25, -0.2) is 0 Å². The molecule has 0 aromatic carbocycles. The molecule has 6 heteroatoms. The van der Waals surface area contributed by atoms with Gasteiger partial charge in [0.05, 0.1) is 12.7 Å². The van der Waals surface area contributed by atoms with Gasteiger partial charge in [0.2, 0.25) is 0 Å². The smallest absolute Gasteiger partial charge is 0.251 e. The van der Waals surface area contributed by atoms with E-state index in [0.29, 0.717) is 11.3 Å². The van der Waals surface area contributed by atoms with Gasteiger partial charge in [0, 0.05) is 30.9 Å². The highest BCUT2D eigenvalue weighted by atomic mass is 16.5. The topological polar surface area (TPSA) is 77.1 Å². The van der Waals surface area contributed by atoms with E-state index in [1.807, 2.05) is 0 Å². The number of carbonyl (C=O) groups is 1. The summed E-state index contributed by atoms with van der Waals surface area (Å²) in [5.41, 5.74) is 0.102. The number of aromatic nitrogens is 2. The van der Waals surface area contributed by atoms with Crippen LogP contribution >= 0.6 is 0 Å². The van der Waals surface area contributed by atoms with Crippen LogP contribution in [0.2, 0.25) is 0 Å². The largest absolute Gasteiger partial charge is 0.360 e. The van der Waals surface area contributed by atoms with Crippen molar-refractivity contribution >= 4 is 5.91 Å². The summed E-state index contributed by atoms with van der Waals surface area (Å²) in [7, 11) is 1.62. The van der Waals surface area contributed by atoms with Crippen LogP contribution in [0.4, 0.5) is 0 Å². The zero-order valence-electron chi connectivity index (χ0n) is 9.21. The minimum atomic E-state index is -0.320. The van der Waals surface area contributed by atoms with Crippen molar-refractivity contribution < 1.29 is 9.32 Å². The highest BCUT2D eigenvalue weighted by Gasteiger charge is 2.07. The number of carbonyl (C=O) groups excluding carboxylic acids is 1. The molecule has 88 valence electrons. The number of amides is 1. The van der Waals surface area contributed by atoms with Crippen LogP contribution in [-0.2, 0) is 13.6 Å². The summed E-state index contributed by atoms with van der Waals surface area (Å²) in [6.07, 6.45) is 3.05. The van der Waals surface area contributed by atoms with Gasteiger partial charge in [-0.15, -0.1) is 0 Å². The van der Waals surface area contributed by atoms with Gasteiger partial charge in [-0.05, 0) is 6.07 Å². The van der Waals surface area contributed by atoms with Gasteiger partial charge < -0.3 is 14.4 Å². The molecule has 17 heavy (non-hydrogen) atoms. The summed E-state index contributed by atoms with van der Waals surface area (Å²) in [5.74, 6) is 0.237. The number of nitrogens with one attached hydrogen (secondary N) is 1. The third kappa shape index (κ3) is 2.60.